The van der Waals surface area contributed by atoms with Gasteiger partial charge in [-0.3, -0.25) is 9.10 Å². The minimum Gasteiger partial charge on any atom is -0.497 e. The minimum atomic E-state index is -4.20. The lowest BCUT2D eigenvalue weighted by molar-refractivity contribution is -0.133. The maximum absolute atomic E-state index is 13.8. The molecule has 10 heteroatoms. The van der Waals surface area contributed by atoms with Gasteiger partial charge in [0.05, 0.1) is 39.7 Å². The molecule has 0 aliphatic carbocycles. The van der Waals surface area contributed by atoms with E-state index in [9.17, 15) is 13.2 Å². The number of nitrogens with zero attached hydrogens (tertiary/aromatic N) is 2. The zero-order chi connectivity index (χ0) is 23.1. The van der Waals surface area contributed by atoms with Gasteiger partial charge in [0.2, 0.25) is 5.91 Å². The predicted octanol–water partition coefficient (Wildman–Crippen LogP) is 2.16. The SMILES string of the molecule is CCOc1ccccc1N(CC(=O)N1CCOCC1)S(=O)(=O)c1ccc(OC)cc1OC. The van der Waals surface area contributed by atoms with Gasteiger partial charge < -0.3 is 23.8 Å². The average Bonchev–Trinajstić information content (AvgIpc) is 2.83. The van der Waals surface area contributed by atoms with Crippen LogP contribution in [0.25, 0.3) is 0 Å². The summed E-state index contributed by atoms with van der Waals surface area (Å²) < 4.78 is 50.2. The first-order chi connectivity index (χ1) is 15.4. The molecule has 2 aromatic carbocycles. The molecule has 1 fully saturated rings. The van der Waals surface area contributed by atoms with E-state index in [2.05, 4.69) is 0 Å². The van der Waals surface area contributed by atoms with Gasteiger partial charge in [-0.15, -0.1) is 0 Å². The third-order valence-electron chi connectivity index (χ3n) is 5.02. The summed E-state index contributed by atoms with van der Waals surface area (Å²) in [5.74, 6) is 0.602. The van der Waals surface area contributed by atoms with Crippen molar-refractivity contribution in [3.63, 3.8) is 0 Å². The number of hydrogen-bond acceptors (Lipinski definition) is 7. The van der Waals surface area contributed by atoms with E-state index in [0.717, 1.165) is 4.31 Å². The van der Waals surface area contributed by atoms with Crippen molar-refractivity contribution < 1.29 is 32.2 Å². The number of carbonyl (C=O) groups is 1. The fourth-order valence-corrected chi connectivity index (χ4v) is 4.95. The molecule has 0 radical (unpaired) electrons. The molecule has 3 rings (SSSR count). The van der Waals surface area contributed by atoms with E-state index < -0.39 is 10.0 Å². The number of amides is 1. The molecule has 1 heterocycles. The Morgan fingerprint density at radius 3 is 2.44 bits per heavy atom. The lowest BCUT2D eigenvalue weighted by Crippen LogP contribution is -2.47. The Kier molecular flexibility index (Phi) is 7.81. The zero-order valence-electron chi connectivity index (χ0n) is 18.4. The van der Waals surface area contributed by atoms with Crippen LogP contribution in [0, 0.1) is 0 Å². The van der Waals surface area contributed by atoms with E-state index in [1.54, 1.807) is 36.1 Å². The van der Waals surface area contributed by atoms with Crippen LogP contribution in [-0.4, -0.2) is 72.9 Å². The summed E-state index contributed by atoms with van der Waals surface area (Å²) >= 11 is 0. The molecule has 0 atom stereocenters. The number of sulfonamides is 1. The van der Waals surface area contributed by atoms with Gasteiger partial charge in [0.1, 0.15) is 28.7 Å². The number of carbonyl (C=O) groups excluding carboxylic acids is 1. The average molecular weight is 465 g/mol. The second kappa shape index (κ2) is 10.6. The quantitative estimate of drug-likeness (QED) is 0.561. The molecular formula is C22H28N2O7S. The molecule has 0 bridgehead atoms. The van der Waals surface area contributed by atoms with E-state index in [0.29, 0.717) is 44.4 Å². The summed E-state index contributed by atoms with van der Waals surface area (Å²) in [4.78, 5) is 14.6. The van der Waals surface area contributed by atoms with Crippen molar-refractivity contribution in [1.29, 1.82) is 0 Å². The molecule has 174 valence electrons. The van der Waals surface area contributed by atoms with Crippen molar-refractivity contribution >= 4 is 21.6 Å². The Balaban J connectivity index is 2.08. The lowest BCUT2D eigenvalue weighted by Gasteiger charge is -2.31. The molecule has 0 spiro atoms. The number of methoxy groups -OCH3 is 2. The fourth-order valence-electron chi connectivity index (χ4n) is 3.38. The molecule has 1 aliphatic heterocycles. The van der Waals surface area contributed by atoms with Crippen molar-refractivity contribution in [1.82, 2.24) is 4.90 Å². The van der Waals surface area contributed by atoms with Crippen LogP contribution in [0.2, 0.25) is 0 Å². The zero-order valence-corrected chi connectivity index (χ0v) is 19.3. The molecule has 1 saturated heterocycles. The van der Waals surface area contributed by atoms with Gasteiger partial charge in [-0.05, 0) is 31.2 Å². The molecule has 32 heavy (non-hydrogen) atoms. The highest BCUT2D eigenvalue weighted by molar-refractivity contribution is 7.93. The van der Waals surface area contributed by atoms with Gasteiger partial charge in [-0.2, -0.15) is 0 Å². The van der Waals surface area contributed by atoms with Gasteiger partial charge in [0, 0.05) is 19.2 Å². The fraction of sp³-hybridized carbons (Fsp3) is 0.409. The third-order valence-corrected chi connectivity index (χ3v) is 6.81. The van der Waals surface area contributed by atoms with Crippen LogP contribution in [0.15, 0.2) is 47.4 Å². The number of anilines is 1. The van der Waals surface area contributed by atoms with Crippen LogP contribution in [0.3, 0.4) is 0 Å². The van der Waals surface area contributed by atoms with E-state index in [4.69, 9.17) is 18.9 Å². The highest BCUT2D eigenvalue weighted by atomic mass is 32.2. The highest BCUT2D eigenvalue weighted by Gasteiger charge is 2.33. The summed E-state index contributed by atoms with van der Waals surface area (Å²) in [6.07, 6.45) is 0. The minimum absolute atomic E-state index is 0.0816. The number of benzene rings is 2. The third kappa shape index (κ3) is 5.08. The second-order valence-electron chi connectivity index (χ2n) is 6.92. The largest absolute Gasteiger partial charge is 0.497 e. The van der Waals surface area contributed by atoms with Crippen LogP contribution in [0.4, 0.5) is 5.69 Å². The van der Waals surface area contributed by atoms with Crippen molar-refractivity contribution in [3.8, 4) is 17.2 Å². The van der Waals surface area contributed by atoms with Crippen LogP contribution >= 0.6 is 0 Å². The molecule has 0 aromatic heterocycles. The summed E-state index contributed by atoms with van der Waals surface area (Å²) in [5.41, 5.74) is 0.272. The number of para-hydroxylation sites is 2. The molecule has 9 nitrogen and oxygen atoms in total. The first-order valence-electron chi connectivity index (χ1n) is 10.2. The molecule has 0 N–H and O–H groups in total. The second-order valence-corrected chi connectivity index (χ2v) is 8.75. The number of ether oxygens (including phenoxy) is 4. The van der Waals surface area contributed by atoms with Crippen LogP contribution < -0.4 is 18.5 Å². The molecular weight excluding hydrogens is 436 g/mol. The molecule has 2 aromatic rings. The Hall–Kier alpha value is -2.98. The molecule has 0 saturated carbocycles. The van der Waals surface area contributed by atoms with Crippen molar-refractivity contribution in [2.45, 2.75) is 11.8 Å². The summed E-state index contributed by atoms with van der Waals surface area (Å²) in [6, 6.07) is 11.2. The predicted molar refractivity (Wildman–Crippen MR) is 119 cm³/mol. The van der Waals surface area contributed by atoms with E-state index in [1.807, 2.05) is 0 Å². The van der Waals surface area contributed by atoms with Crippen molar-refractivity contribution in [3.05, 3.63) is 42.5 Å². The Labute approximate surface area is 188 Å². The van der Waals surface area contributed by atoms with Gasteiger partial charge in [0.25, 0.3) is 10.0 Å². The number of morpholine rings is 1. The lowest BCUT2D eigenvalue weighted by atomic mass is 10.3. The Bertz CT molecular complexity index is 1040. The highest BCUT2D eigenvalue weighted by Crippen LogP contribution is 2.36. The summed E-state index contributed by atoms with van der Waals surface area (Å²) in [5, 5.41) is 0. The maximum atomic E-state index is 13.8. The van der Waals surface area contributed by atoms with Gasteiger partial charge >= 0.3 is 0 Å². The summed E-state index contributed by atoms with van der Waals surface area (Å²) in [6.45, 7) is 3.41. The van der Waals surface area contributed by atoms with Crippen LogP contribution in [0.5, 0.6) is 17.2 Å². The standard InChI is InChI=1S/C22H28N2O7S/c1-4-31-19-8-6-5-7-18(19)24(16-22(25)23-11-13-30-14-12-23)32(26,27)21-10-9-17(28-2)15-20(21)29-3/h5-10,15H,4,11-14,16H2,1-3H3. The van der Waals surface area contributed by atoms with Crippen LogP contribution in [0.1, 0.15) is 6.92 Å². The van der Waals surface area contributed by atoms with E-state index >= 15 is 0 Å². The number of hydrogen-bond donors (Lipinski definition) is 0. The maximum Gasteiger partial charge on any atom is 0.268 e. The normalized spacial score (nSPS) is 14.0. The monoisotopic (exact) mass is 464 g/mol. The first-order valence-corrected chi connectivity index (χ1v) is 11.7. The number of rotatable bonds is 9. The smallest absolute Gasteiger partial charge is 0.268 e. The van der Waals surface area contributed by atoms with E-state index in [-0.39, 0.29) is 28.8 Å². The Morgan fingerprint density at radius 1 is 1.06 bits per heavy atom. The topological polar surface area (TPSA) is 94.6 Å². The molecule has 1 amide bonds. The van der Waals surface area contributed by atoms with Crippen molar-refractivity contribution in [2.24, 2.45) is 0 Å². The molecule has 1 aliphatic rings. The van der Waals surface area contributed by atoms with E-state index in [1.165, 1.54) is 32.4 Å². The Morgan fingerprint density at radius 2 is 1.78 bits per heavy atom. The molecule has 0 unspecified atom stereocenters. The first kappa shape index (κ1) is 23.7. The van der Waals surface area contributed by atoms with Gasteiger partial charge in [0.15, 0.2) is 0 Å². The van der Waals surface area contributed by atoms with Crippen molar-refractivity contribution in [2.75, 3.05) is 58.0 Å². The summed E-state index contributed by atoms with van der Waals surface area (Å²) in [7, 11) is -1.34. The van der Waals surface area contributed by atoms with Crippen LogP contribution in [-0.2, 0) is 19.6 Å². The van der Waals surface area contributed by atoms with Gasteiger partial charge in [-0.1, -0.05) is 12.1 Å². The van der Waals surface area contributed by atoms with Gasteiger partial charge in [-0.25, -0.2) is 8.42 Å².